The molecular formula is C13H26O. The van der Waals surface area contributed by atoms with Crippen LogP contribution in [-0.2, 0) is 0 Å². The largest absolute Gasteiger partial charge is 0.392 e. The monoisotopic (exact) mass is 198 g/mol. The average Bonchev–Trinajstić information content (AvgIpc) is 2.22. The molecule has 14 heavy (non-hydrogen) atoms. The smallest absolute Gasteiger partial charge is 0.0628 e. The van der Waals surface area contributed by atoms with E-state index >= 15 is 0 Å². The maximum absolute atomic E-state index is 10.1. The van der Waals surface area contributed by atoms with Crippen molar-refractivity contribution in [2.24, 2.45) is 5.41 Å². The molecule has 1 nitrogen and oxygen atoms in total. The topological polar surface area (TPSA) is 20.2 Å². The molecule has 2 atom stereocenters. The normalized spacial score (nSPS) is 17.4. The quantitative estimate of drug-likeness (QED) is 0.586. The molecule has 0 aliphatic rings. The van der Waals surface area contributed by atoms with Gasteiger partial charge in [-0.3, -0.25) is 0 Å². The van der Waals surface area contributed by atoms with E-state index in [0.717, 1.165) is 25.7 Å². The fourth-order valence-corrected chi connectivity index (χ4v) is 1.69. The van der Waals surface area contributed by atoms with Gasteiger partial charge in [0.05, 0.1) is 6.10 Å². The Bertz CT molecular complexity index is 153. The molecular weight excluding hydrogens is 172 g/mol. The van der Waals surface area contributed by atoms with Crippen LogP contribution in [0.3, 0.4) is 0 Å². The Labute approximate surface area is 89.2 Å². The van der Waals surface area contributed by atoms with Crippen molar-refractivity contribution >= 4 is 0 Å². The van der Waals surface area contributed by atoms with Crippen molar-refractivity contribution in [3.8, 4) is 0 Å². The Morgan fingerprint density at radius 1 is 1.29 bits per heavy atom. The van der Waals surface area contributed by atoms with E-state index in [2.05, 4.69) is 27.4 Å². The lowest BCUT2D eigenvalue weighted by atomic mass is 9.78. The van der Waals surface area contributed by atoms with Crippen LogP contribution in [0.1, 0.15) is 59.3 Å². The van der Waals surface area contributed by atoms with E-state index < -0.39 is 0 Å². The van der Waals surface area contributed by atoms with Crippen molar-refractivity contribution in [1.82, 2.24) is 0 Å². The van der Waals surface area contributed by atoms with Crippen molar-refractivity contribution in [3.63, 3.8) is 0 Å². The summed E-state index contributed by atoms with van der Waals surface area (Å²) in [6.45, 7) is 10.3. The second-order valence-corrected chi connectivity index (χ2v) is 4.47. The third kappa shape index (κ3) is 4.28. The molecule has 0 aromatic heterocycles. The Hall–Kier alpha value is -0.300. The van der Waals surface area contributed by atoms with Crippen LogP contribution >= 0.6 is 0 Å². The summed E-state index contributed by atoms with van der Waals surface area (Å²) in [7, 11) is 0. The van der Waals surface area contributed by atoms with Gasteiger partial charge < -0.3 is 5.11 Å². The van der Waals surface area contributed by atoms with E-state index in [9.17, 15) is 5.11 Å². The van der Waals surface area contributed by atoms with Crippen molar-refractivity contribution in [3.05, 3.63) is 12.7 Å². The minimum Gasteiger partial charge on any atom is -0.392 e. The van der Waals surface area contributed by atoms with Gasteiger partial charge in [-0.25, -0.2) is 0 Å². The molecule has 0 aromatic rings. The van der Waals surface area contributed by atoms with Crippen molar-refractivity contribution in [2.75, 3.05) is 0 Å². The van der Waals surface area contributed by atoms with Crippen LogP contribution < -0.4 is 0 Å². The minimum absolute atomic E-state index is 0.0782. The van der Waals surface area contributed by atoms with Gasteiger partial charge in [0, 0.05) is 5.41 Å². The van der Waals surface area contributed by atoms with E-state index in [1.165, 1.54) is 12.8 Å². The molecule has 0 aromatic carbocycles. The molecule has 0 fully saturated rings. The first-order chi connectivity index (χ1) is 6.60. The first-order valence-corrected chi connectivity index (χ1v) is 5.92. The maximum Gasteiger partial charge on any atom is 0.0628 e. The van der Waals surface area contributed by atoms with Crippen LogP contribution in [0, 0.1) is 5.41 Å². The molecule has 84 valence electrons. The van der Waals surface area contributed by atoms with Crippen LogP contribution in [0.4, 0.5) is 0 Å². The summed E-state index contributed by atoms with van der Waals surface area (Å²) in [4.78, 5) is 0. The Kier molecular flexibility index (Phi) is 6.90. The Balaban J connectivity index is 4.11. The van der Waals surface area contributed by atoms with Gasteiger partial charge in [0.1, 0.15) is 0 Å². The van der Waals surface area contributed by atoms with Gasteiger partial charge in [-0.1, -0.05) is 52.5 Å². The highest BCUT2D eigenvalue weighted by molar-refractivity contribution is 4.96. The van der Waals surface area contributed by atoms with Gasteiger partial charge in [-0.15, -0.1) is 6.58 Å². The summed E-state index contributed by atoms with van der Waals surface area (Å²) >= 11 is 0. The zero-order chi connectivity index (χ0) is 11.0. The molecule has 0 rings (SSSR count). The first-order valence-electron chi connectivity index (χ1n) is 5.92. The average molecular weight is 198 g/mol. The summed E-state index contributed by atoms with van der Waals surface area (Å²) in [5, 5.41) is 10.1. The van der Waals surface area contributed by atoms with Gasteiger partial charge in [-0.2, -0.15) is 0 Å². The number of hydrogen-bond acceptors (Lipinski definition) is 1. The third-order valence-electron chi connectivity index (χ3n) is 3.13. The Morgan fingerprint density at radius 2 is 1.86 bits per heavy atom. The Morgan fingerprint density at radius 3 is 2.29 bits per heavy atom. The van der Waals surface area contributed by atoms with Gasteiger partial charge in [-0.05, 0) is 12.8 Å². The number of aliphatic hydroxyl groups is 1. The van der Waals surface area contributed by atoms with Crippen LogP contribution in [-0.4, -0.2) is 11.2 Å². The van der Waals surface area contributed by atoms with E-state index in [4.69, 9.17) is 0 Å². The number of unbranched alkanes of at least 4 members (excludes halogenated alkanes) is 2. The van der Waals surface area contributed by atoms with E-state index in [0.29, 0.717) is 0 Å². The molecule has 0 amide bonds. The molecule has 0 aliphatic carbocycles. The molecule has 0 heterocycles. The highest BCUT2D eigenvalue weighted by Crippen LogP contribution is 2.32. The predicted octanol–water partition coefficient (Wildman–Crippen LogP) is 3.92. The van der Waals surface area contributed by atoms with E-state index in [1.54, 1.807) is 0 Å². The van der Waals surface area contributed by atoms with Crippen molar-refractivity contribution in [2.45, 2.75) is 65.4 Å². The SMILES string of the molecule is C=C[C@@](C)(CCCC)[C@@H](O)CCCC. The van der Waals surface area contributed by atoms with Crippen molar-refractivity contribution < 1.29 is 5.11 Å². The predicted molar refractivity (Wildman–Crippen MR) is 63.4 cm³/mol. The number of hydrogen-bond donors (Lipinski definition) is 1. The van der Waals surface area contributed by atoms with Gasteiger partial charge >= 0.3 is 0 Å². The number of aliphatic hydroxyl groups excluding tert-OH is 1. The van der Waals surface area contributed by atoms with Gasteiger partial charge in [0.25, 0.3) is 0 Å². The summed E-state index contributed by atoms with van der Waals surface area (Å²) in [5.41, 5.74) is -0.0782. The molecule has 0 saturated carbocycles. The van der Waals surface area contributed by atoms with E-state index in [1.807, 2.05) is 6.08 Å². The highest BCUT2D eigenvalue weighted by Gasteiger charge is 2.28. The lowest BCUT2D eigenvalue weighted by molar-refractivity contribution is 0.0537. The second kappa shape index (κ2) is 7.05. The van der Waals surface area contributed by atoms with Crippen LogP contribution in [0.2, 0.25) is 0 Å². The fraction of sp³-hybridized carbons (Fsp3) is 0.846. The first kappa shape index (κ1) is 13.7. The molecule has 1 N–H and O–H groups in total. The van der Waals surface area contributed by atoms with E-state index in [-0.39, 0.29) is 11.5 Å². The summed E-state index contributed by atoms with van der Waals surface area (Å²) < 4.78 is 0. The zero-order valence-corrected chi connectivity index (χ0v) is 10.1. The van der Waals surface area contributed by atoms with Crippen LogP contribution in [0.15, 0.2) is 12.7 Å². The lowest BCUT2D eigenvalue weighted by Crippen LogP contribution is -2.30. The highest BCUT2D eigenvalue weighted by atomic mass is 16.3. The second-order valence-electron chi connectivity index (χ2n) is 4.47. The molecule has 0 aliphatic heterocycles. The zero-order valence-electron chi connectivity index (χ0n) is 10.1. The third-order valence-corrected chi connectivity index (χ3v) is 3.13. The molecule has 0 radical (unpaired) electrons. The molecule has 0 spiro atoms. The van der Waals surface area contributed by atoms with Gasteiger partial charge in [0.15, 0.2) is 0 Å². The maximum atomic E-state index is 10.1. The van der Waals surface area contributed by atoms with Gasteiger partial charge in [0.2, 0.25) is 0 Å². The molecule has 0 bridgehead atoms. The lowest BCUT2D eigenvalue weighted by Gasteiger charge is -2.31. The summed E-state index contributed by atoms with van der Waals surface area (Å²) in [5.74, 6) is 0. The van der Waals surface area contributed by atoms with Crippen molar-refractivity contribution in [1.29, 1.82) is 0 Å². The fourth-order valence-electron chi connectivity index (χ4n) is 1.69. The molecule has 0 saturated heterocycles. The minimum atomic E-state index is -0.216. The summed E-state index contributed by atoms with van der Waals surface area (Å²) in [6.07, 6.45) is 8.29. The molecule has 1 heteroatoms. The standard InChI is InChI=1S/C13H26O/c1-5-8-10-12(14)13(4,7-3)11-9-6-2/h7,12,14H,3,5-6,8-11H2,1-2,4H3/t12-,13-/m0/s1. The van der Waals surface area contributed by atoms with Crippen LogP contribution in [0.5, 0.6) is 0 Å². The van der Waals surface area contributed by atoms with Crippen LogP contribution in [0.25, 0.3) is 0 Å². The number of rotatable bonds is 8. The summed E-state index contributed by atoms with van der Waals surface area (Å²) in [6, 6.07) is 0. The molecule has 0 unspecified atom stereocenters.